The Balaban J connectivity index is 0.000000399. The first kappa shape index (κ1) is 19.9. The maximum absolute atomic E-state index is 9.27. The highest BCUT2D eigenvalue weighted by atomic mass is 79.9. The second-order valence-corrected chi connectivity index (χ2v) is 7.70. The smallest absolute Gasteiger partial charge is 0.261 e. The molecule has 1 aliphatic rings. The third-order valence-corrected chi connectivity index (χ3v) is 3.71. The number of aromatic nitrogens is 3. The molecule has 0 radical (unpaired) electrons. The molecule has 1 aromatic carbocycles. The van der Waals surface area contributed by atoms with E-state index in [4.69, 9.17) is 14.0 Å². The van der Waals surface area contributed by atoms with Crippen molar-refractivity contribution in [3.05, 3.63) is 47.0 Å². The number of rotatable bonds is 4. The van der Waals surface area contributed by atoms with Crippen molar-refractivity contribution in [2.75, 3.05) is 19.5 Å². The van der Waals surface area contributed by atoms with Gasteiger partial charge in [0.15, 0.2) is 0 Å². The topological polar surface area (TPSA) is 124 Å². The third-order valence-electron chi connectivity index (χ3n) is 3.18. The summed E-state index contributed by atoms with van der Waals surface area (Å²) in [6, 6.07) is 7.72. The molecule has 2 unspecified atom stereocenters. The zero-order valence-electron chi connectivity index (χ0n) is 13.3. The average molecular weight is 436 g/mol. The molecule has 138 valence electrons. The van der Waals surface area contributed by atoms with Gasteiger partial charge in [0.25, 0.3) is 10.1 Å². The number of hydrogen-bond acceptors (Lipinski definition) is 7. The van der Waals surface area contributed by atoms with Gasteiger partial charge in [0, 0.05) is 10.0 Å². The molecule has 2 N–H and O–H groups in total. The van der Waals surface area contributed by atoms with Gasteiger partial charge in [-0.1, -0.05) is 28.1 Å². The van der Waals surface area contributed by atoms with Crippen LogP contribution in [0.15, 0.2) is 41.4 Å². The summed E-state index contributed by atoms with van der Waals surface area (Å²) in [6.45, 7) is 0.655. The largest absolute Gasteiger partial charge is 0.394 e. The van der Waals surface area contributed by atoms with Gasteiger partial charge in [-0.15, -0.1) is 0 Å². The standard InChI is InChI=1S/C13H14BrN3O3.CH4O3S/c14-11-3-1-10(2-4-11)13(7-17-9-15-8-16-17)19-6-12(5-18)20-13;1-5(2,3)4/h1-4,8-9,12,18H,5-7H2;1H3,(H,2,3,4). The van der Waals surface area contributed by atoms with Crippen LogP contribution in [0.4, 0.5) is 0 Å². The number of benzene rings is 1. The Morgan fingerprint density at radius 3 is 2.52 bits per heavy atom. The van der Waals surface area contributed by atoms with E-state index in [1.54, 1.807) is 11.0 Å². The van der Waals surface area contributed by atoms with Crippen LogP contribution in [0.1, 0.15) is 5.56 Å². The molecule has 1 fully saturated rings. The number of aliphatic hydroxyl groups is 1. The Bertz CT molecular complexity index is 760. The maximum atomic E-state index is 9.27. The molecule has 0 bridgehead atoms. The molecule has 11 heteroatoms. The molecule has 2 aromatic rings. The molecule has 0 aliphatic carbocycles. The summed E-state index contributed by atoms with van der Waals surface area (Å²) in [4.78, 5) is 3.93. The van der Waals surface area contributed by atoms with Gasteiger partial charge in [-0.25, -0.2) is 9.67 Å². The molecule has 1 saturated heterocycles. The fourth-order valence-electron chi connectivity index (χ4n) is 2.21. The van der Waals surface area contributed by atoms with Gasteiger partial charge in [0.2, 0.25) is 5.79 Å². The fourth-order valence-corrected chi connectivity index (χ4v) is 2.48. The maximum Gasteiger partial charge on any atom is 0.261 e. The number of halogens is 1. The highest BCUT2D eigenvalue weighted by Crippen LogP contribution is 2.36. The van der Waals surface area contributed by atoms with Crippen molar-refractivity contribution >= 4 is 26.0 Å². The van der Waals surface area contributed by atoms with Gasteiger partial charge < -0.3 is 14.6 Å². The van der Waals surface area contributed by atoms with E-state index < -0.39 is 15.9 Å². The second-order valence-electron chi connectivity index (χ2n) is 5.32. The Hall–Kier alpha value is -1.37. The van der Waals surface area contributed by atoms with Gasteiger partial charge in [0.05, 0.1) is 19.5 Å². The second kappa shape index (κ2) is 8.34. The van der Waals surface area contributed by atoms with Crippen LogP contribution in [0.5, 0.6) is 0 Å². The number of ether oxygens (including phenoxy) is 2. The third kappa shape index (κ3) is 6.13. The van der Waals surface area contributed by atoms with Crippen LogP contribution < -0.4 is 0 Å². The SMILES string of the molecule is CS(=O)(=O)O.OCC1COC(Cn2cncn2)(c2ccc(Br)cc2)O1. The van der Waals surface area contributed by atoms with E-state index in [1.807, 2.05) is 24.3 Å². The molecule has 1 aromatic heterocycles. The summed E-state index contributed by atoms with van der Waals surface area (Å²) in [5, 5.41) is 13.4. The Kier molecular flexibility index (Phi) is 6.65. The number of aliphatic hydroxyl groups excluding tert-OH is 1. The molecule has 1 aliphatic heterocycles. The lowest BCUT2D eigenvalue weighted by atomic mass is 10.1. The number of nitrogens with zero attached hydrogens (tertiary/aromatic N) is 3. The quantitative estimate of drug-likeness (QED) is 0.675. The van der Waals surface area contributed by atoms with E-state index in [-0.39, 0.29) is 12.7 Å². The summed E-state index contributed by atoms with van der Waals surface area (Å²) in [7, 11) is -3.67. The first-order valence-electron chi connectivity index (χ1n) is 7.15. The molecular formula is C14H18BrN3O6S. The lowest BCUT2D eigenvalue weighted by molar-refractivity contribution is -0.191. The van der Waals surface area contributed by atoms with Crippen LogP contribution in [0.25, 0.3) is 0 Å². The van der Waals surface area contributed by atoms with Crippen molar-refractivity contribution < 1.29 is 27.6 Å². The van der Waals surface area contributed by atoms with E-state index in [9.17, 15) is 13.5 Å². The summed E-state index contributed by atoms with van der Waals surface area (Å²) in [5.41, 5.74) is 0.882. The molecule has 0 amide bonds. The normalized spacial score (nSPS) is 23.1. The Labute approximate surface area is 153 Å². The van der Waals surface area contributed by atoms with E-state index in [0.29, 0.717) is 19.4 Å². The molecule has 3 rings (SSSR count). The van der Waals surface area contributed by atoms with Crippen LogP contribution in [-0.4, -0.2) is 58.4 Å². The van der Waals surface area contributed by atoms with E-state index in [1.165, 1.54) is 6.33 Å². The van der Waals surface area contributed by atoms with Gasteiger partial charge in [-0.05, 0) is 12.1 Å². The Morgan fingerprint density at radius 2 is 2.04 bits per heavy atom. The summed E-state index contributed by atoms with van der Waals surface area (Å²) in [6.07, 6.45) is 3.46. The number of hydrogen-bond donors (Lipinski definition) is 2. The van der Waals surface area contributed by atoms with Crippen molar-refractivity contribution in [1.29, 1.82) is 0 Å². The lowest BCUT2D eigenvalue weighted by Gasteiger charge is -2.28. The van der Waals surface area contributed by atoms with Crippen LogP contribution >= 0.6 is 15.9 Å². The van der Waals surface area contributed by atoms with Gasteiger partial charge in [-0.2, -0.15) is 13.5 Å². The fraction of sp³-hybridized carbons (Fsp3) is 0.429. The van der Waals surface area contributed by atoms with Crippen LogP contribution in [-0.2, 0) is 31.9 Å². The van der Waals surface area contributed by atoms with Crippen molar-refractivity contribution in [2.24, 2.45) is 0 Å². The average Bonchev–Trinajstić information content (AvgIpc) is 3.17. The predicted molar refractivity (Wildman–Crippen MR) is 91.2 cm³/mol. The molecule has 0 saturated carbocycles. The van der Waals surface area contributed by atoms with Gasteiger partial charge >= 0.3 is 0 Å². The van der Waals surface area contributed by atoms with Gasteiger partial charge in [-0.3, -0.25) is 4.55 Å². The highest BCUT2D eigenvalue weighted by Gasteiger charge is 2.43. The van der Waals surface area contributed by atoms with E-state index in [0.717, 1.165) is 10.0 Å². The van der Waals surface area contributed by atoms with Crippen molar-refractivity contribution in [2.45, 2.75) is 18.4 Å². The monoisotopic (exact) mass is 435 g/mol. The predicted octanol–water partition coefficient (Wildman–Crippen LogP) is 0.805. The summed E-state index contributed by atoms with van der Waals surface area (Å²) < 4.78 is 40.3. The molecule has 25 heavy (non-hydrogen) atoms. The van der Waals surface area contributed by atoms with E-state index >= 15 is 0 Å². The van der Waals surface area contributed by atoms with Crippen LogP contribution in [0.3, 0.4) is 0 Å². The molecule has 2 atom stereocenters. The summed E-state index contributed by atoms with van der Waals surface area (Å²) in [5.74, 6) is -0.943. The molecule has 9 nitrogen and oxygen atoms in total. The minimum atomic E-state index is -3.67. The van der Waals surface area contributed by atoms with Crippen LogP contribution in [0.2, 0.25) is 0 Å². The van der Waals surface area contributed by atoms with Crippen molar-refractivity contribution in [3.8, 4) is 0 Å². The summed E-state index contributed by atoms with van der Waals surface area (Å²) >= 11 is 3.41. The van der Waals surface area contributed by atoms with Crippen molar-refractivity contribution in [3.63, 3.8) is 0 Å². The first-order valence-corrected chi connectivity index (χ1v) is 9.79. The molecule has 0 spiro atoms. The first-order chi connectivity index (χ1) is 11.7. The minimum Gasteiger partial charge on any atom is -0.394 e. The minimum absolute atomic E-state index is 0.0738. The lowest BCUT2D eigenvalue weighted by Crippen LogP contribution is -2.34. The highest BCUT2D eigenvalue weighted by molar-refractivity contribution is 9.10. The van der Waals surface area contributed by atoms with Crippen molar-refractivity contribution in [1.82, 2.24) is 14.8 Å². The van der Waals surface area contributed by atoms with Gasteiger partial charge in [0.1, 0.15) is 25.3 Å². The zero-order chi connectivity index (χ0) is 18.5. The molecular weight excluding hydrogens is 418 g/mol. The van der Waals surface area contributed by atoms with Crippen LogP contribution in [0, 0.1) is 0 Å². The Morgan fingerprint density at radius 1 is 1.40 bits per heavy atom. The van der Waals surface area contributed by atoms with E-state index in [2.05, 4.69) is 26.0 Å². The zero-order valence-corrected chi connectivity index (χ0v) is 15.7. The molecule has 2 heterocycles.